The number of aryl methyl sites for hydroxylation is 2. The normalized spacial score (nSPS) is 20.4. The third-order valence-corrected chi connectivity index (χ3v) is 5.43. The number of benzene rings is 1. The molecule has 4 rings (SSSR count). The van der Waals surface area contributed by atoms with E-state index in [9.17, 15) is 5.11 Å². The molecule has 5 nitrogen and oxygen atoms in total. The van der Waals surface area contributed by atoms with Gasteiger partial charge in [0.2, 0.25) is 0 Å². The maximum absolute atomic E-state index is 10.3. The van der Waals surface area contributed by atoms with Gasteiger partial charge in [-0.15, -0.1) is 10.2 Å². The first-order valence-electron chi connectivity index (χ1n) is 8.97. The van der Waals surface area contributed by atoms with E-state index in [1.165, 1.54) is 18.4 Å². The smallest absolute Gasteiger partial charge is 0.154 e. The minimum Gasteiger partial charge on any atom is -0.507 e. The summed E-state index contributed by atoms with van der Waals surface area (Å²) >= 11 is 6.02. The van der Waals surface area contributed by atoms with Gasteiger partial charge in [-0.3, -0.25) is 0 Å². The maximum Gasteiger partial charge on any atom is 0.154 e. The summed E-state index contributed by atoms with van der Waals surface area (Å²) in [5.41, 5.74) is 3.56. The molecule has 2 N–H and O–H groups in total. The second-order valence-electron chi connectivity index (χ2n) is 6.99. The van der Waals surface area contributed by atoms with Crippen LogP contribution in [0, 0.1) is 6.92 Å². The first kappa shape index (κ1) is 16.6. The van der Waals surface area contributed by atoms with Crippen LogP contribution in [0.25, 0.3) is 11.3 Å². The van der Waals surface area contributed by atoms with Crippen molar-refractivity contribution in [3.63, 3.8) is 0 Å². The van der Waals surface area contributed by atoms with Gasteiger partial charge in [-0.25, -0.2) is 0 Å². The molecular weight excluding hydrogens is 336 g/mol. The maximum atomic E-state index is 10.3. The molecule has 1 aromatic carbocycles. The lowest BCUT2D eigenvalue weighted by Gasteiger charge is -2.38. The molecule has 0 saturated carbocycles. The Morgan fingerprint density at radius 3 is 2.88 bits per heavy atom. The number of hydrogen-bond acceptors (Lipinski definition) is 5. The number of fused-ring (bicyclic) bond motifs is 1. The fraction of sp³-hybridized carbons (Fsp3) is 0.474. The van der Waals surface area contributed by atoms with Gasteiger partial charge in [-0.2, -0.15) is 0 Å². The Bertz CT molecular complexity index is 766. The number of anilines is 1. The Hall–Kier alpha value is -1.85. The average Bonchev–Trinajstić information content (AvgIpc) is 2.61. The van der Waals surface area contributed by atoms with Gasteiger partial charge >= 0.3 is 0 Å². The molecule has 1 fully saturated rings. The van der Waals surface area contributed by atoms with Gasteiger partial charge in [0.05, 0.1) is 5.69 Å². The molecule has 0 unspecified atom stereocenters. The molecular formula is C19H23ClN4O. The number of aromatic hydroxyl groups is 1. The quantitative estimate of drug-likeness (QED) is 0.862. The molecule has 0 spiro atoms. The number of phenols is 1. The van der Waals surface area contributed by atoms with Gasteiger partial charge < -0.3 is 15.3 Å². The van der Waals surface area contributed by atoms with Crippen molar-refractivity contribution < 1.29 is 5.11 Å². The van der Waals surface area contributed by atoms with Crippen LogP contribution >= 0.6 is 11.6 Å². The predicted octanol–water partition coefficient (Wildman–Crippen LogP) is 3.32. The molecule has 0 amide bonds. The van der Waals surface area contributed by atoms with Crippen LogP contribution in [0.15, 0.2) is 18.2 Å². The van der Waals surface area contributed by atoms with Gasteiger partial charge in [0.15, 0.2) is 5.82 Å². The molecule has 2 aromatic rings. The number of aromatic nitrogens is 2. The van der Waals surface area contributed by atoms with E-state index in [0.717, 1.165) is 49.4 Å². The van der Waals surface area contributed by atoms with Gasteiger partial charge in [0.25, 0.3) is 0 Å². The number of phenolic OH excluding ortho intramolecular Hbond substituents is 1. The zero-order valence-electron chi connectivity index (χ0n) is 14.4. The minimum atomic E-state index is 0.156. The molecule has 0 aliphatic carbocycles. The number of nitrogens with zero attached hydrogens (tertiary/aromatic N) is 3. The van der Waals surface area contributed by atoms with Crippen LogP contribution in [-0.2, 0) is 6.42 Å². The van der Waals surface area contributed by atoms with E-state index in [1.807, 2.05) is 13.0 Å². The van der Waals surface area contributed by atoms with Crippen molar-refractivity contribution in [1.29, 1.82) is 0 Å². The first-order chi connectivity index (χ1) is 12.1. The Kier molecular flexibility index (Phi) is 4.52. The Morgan fingerprint density at radius 2 is 2.12 bits per heavy atom. The zero-order chi connectivity index (χ0) is 17.4. The summed E-state index contributed by atoms with van der Waals surface area (Å²) in [6.07, 6.45) is 4.54. The second-order valence-corrected chi connectivity index (χ2v) is 7.43. The summed E-state index contributed by atoms with van der Waals surface area (Å²) in [6, 6.07) is 5.99. The van der Waals surface area contributed by atoms with E-state index in [-0.39, 0.29) is 5.75 Å². The van der Waals surface area contributed by atoms with Crippen molar-refractivity contribution in [2.24, 2.45) is 0 Å². The number of halogens is 1. The van der Waals surface area contributed by atoms with Crippen LogP contribution in [-0.4, -0.2) is 41.0 Å². The van der Waals surface area contributed by atoms with Crippen LogP contribution in [0.3, 0.4) is 0 Å². The SMILES string of the molecule is Cc1cc(Cl)cc(O)c1-c1cc2c(nn1)N([C@@H]1CCCNC1)CCC2. The zero-order valence-corrected chi connectivity index (χ0v) is 15.2. The van der Waals surface area contributed by atoms with E-state index in [4.69, 9.17) is 11.6 Å². The van der Waals surface area contributed by atoms with E-state index in [1.54, 1.807) is 6.07 Å². The molecule has 6 heteroatoms. The number of hydrogen-bond donors (Lipinski definition) is 2. The fourth-order valence-corrected chi connectivity index (χ4v) is 4.30. The molecule has 3 heterocycles. The van der Waals surface area contributed by atoms with Crippen LogP contribution in [0.1, 0.15) is 30.4 Å². The number of rotatable bonds is 2. The summed E-state index contributed by atoms with van der Waals surface area (Å²) in [5, 5.41) is 23.3. The fourth-order valence-electron chi connectivity index (χ4n) is 4.03. The first-order valence-corrected chi connectivity index (χ1v) is 9.35. The second kappa shape index (κ2) is 6.81. The van der Waals surface area contributed by atoms with Crippen molar-refractivity contribution in [2.45, 2.75) is 38.6 Å². The van der Waals surface area contributed by atoms with Gasteiger partial charge in [0, 0.05) is 29.7 Å². The molecule has 0 bridgehead atoms. The number of piperidine rings is 1. The Labute approximate surface area is 153 Å². The minimum absolute atomic E-state index is 0.156. The Balaban J connectivity index is 1.71. The summed E-state index contributed by atoms with van der Waals surface area (Å²) < 4.78 is 0. The molecule has 1 atom stereocenters. The van der Waals surface area contributed by atoms with Crippen LogP contribution in [0.4, 0.5) is 5.82 Å². The molecule has 1 aromatic heterocycles. The highest BCUT2D eigenvalue weighted by atomic mass is 35.5. The van der Waals surface area contributed by atoms with E-state index in [0.29, 0.717) is 16.8 Å². The average molecular weight is 359 g/mol. The monoisotopic (exact) mass is 358 g/mol. The third-order valence-electron chi connectivity index (χ3n) is 5.22. The van der Waals surface area contributed by atoms with Crippen molar-refractivity contribution in [3.8, 4) is 17.0 Å². The van der Waals surface area contributed by atoms with Gasteiger partial charge in [0.1, 0.15) is 5.75 Å². The highest BCUT2D eigenvalue weighted by Crippen LogP contribution is 2.36. The topological polar surface area (TPSA) is 61.3 Å². The molecule has 0 radical (unpaired) electrons. The third kappa shape index (κ3) is 3.18. The van der Waals surface area contributed by atoms with E-state index < -0.39 is 0 Å². The number of nitrogens with one attached hydrogen (secondary N) is 1. The highest BCUT2D eigenvalue weighted by molar-refractivity contribution is 6.31. The standard InChI is InChI=1S/C19H23ClN4O/c1-12-8-14(20)10-17(25)18(12)16-9-13-4-3-7-24(19(13)23-22-16)15-5-2-6-21-11-15/h8-10,15,21,25H,2-7,11H2,1H3/t15-/m1/s1. The largest absolute Gasteiger partial charge is 0.507 e. The molecule has 2 aliphatic heterocycles. The van der Waals surface area contributed by atoms with Crippen molar-refractivity contribution in [2.75, 3.05) is 24.5 Å². The summed E-state index contributed by atoms with van der Waals surface area (Å²) in [5.74, 6) is 1.17. The van der Waals surface area contributed by atoms with Crippen molar-refractivity contribution >= 4 is 17.4 Å². The lowest BCUT2D eigenvalue weighted by Crippen LogP contribution is -2.48. The van der Waals surface area contributed by atoms with Crippen molar-refractivity contribution in [3.05, 3.63) is 34.3 Å². The predicted molar refractivity (Wildman–Crippen MR) is 100 cm³/mol. The molecule has 1 saturated heterocycles. The molecule has 132 valence electrons. The van der Waals surface area contributed by atoms with Crippen molar-refractivity contribution in [1.82, 2.24) is 15.5 Å². The molecule has 2 aliphatic rings. The van der Waals surface area contributed by atoms with E-state index in [2.05, 4.69) is 26.5 Å². The molecule has 25 heavy (non-hydrogen) atoms. The van der Waals surface area contributed by atoms with Gasteiger partial charge in [-0.1, -0.05) is 11.6 Å². The summed E-state index contributed by atoms with van der Waals surface area (Å²) in [6.45, 7) is 5.09. The van der Waals surface area contributed by atoms with Crippen LogP contribution in [0.5, 0.6) is 5.75 Å². The van der Waals surface area contributed by atoms with Crippen LogP contribution in [0.2, 0.25) is 5.02 Å². The van der Waals surface area contributed by atoms with Gasteiger partial charge in [-0.05, 0) is 68.5 Å². The lowest BCUT2D eigenvalue weighted by molar-refractivity contribution is 0.420. The van der Waals surface area contributed by atoms with Crippen LogP contribution < -0.4 is 10.2 Å². The lowest BCUT2D eigenvalue weighted by atomic mass is 9.98. The summed E-state index contributed by atoms with van der Waals surface area (Å²) in [7, 11) is 0. The highest BCUT2D eigenvalue weighted by Gasteiger charge is 2.27. The Morgan fingerprint density at radius 1 is 1.24 bits per heavy atom. The summed E-state index contributed by atoms with van der Waals surface area (Å²) in [4.78, 5) is 2.41. The van der Waals surface area contributed by atoms with E-state index >= 15 is 0 Å².